The van der Waals surface area contributed by atoms with Gasteiger partial charge in [0, 0.05) is 18.2 Å². The minimum absolute atomic E-state index is 0.0906. The van der Waals surface area contributed by atoms with Crippen LogP contribution in [0.25, 0.3) is 0 Å². The minimum atomic E-state index is -1.78. The van der Waals surface area contributed by atoms with E-state index >= 15 is 0 Å². The molecule has 0 saturated carbocycles. The van der Waals surface area contributed by atoms with Crippen molar-refractivity contribution >= 4 is 11.8 Å². The average molecular weight is 484 g/mol. The molecule has 0 radical (unpaired) electrons. The molecule has 3 aromatic rings. The number of aromatic nitrogens is 5. The summed E-state index contributed by atoms with van der Waals surface area (Å²) in [7, 11) is 0. The summed E-state index contributed by atoms with van der Waals surface area (Å²) in [5.74, 6) is -1.22. The maximum absolute atomic E-state index is 12.4. The van der Waals surface area contributed by atoms with Crippen LogP contribution in [-0.2, 0) is 21.9 Å². The molecule has 0 aliphatic carbocycles. The number of aryl methyl sites for hydroxylation is 1. The van der Waals surface area contributed by atoms with Crippen molar-refractivity contribution in [2.24, 2.45) is 0 Å². The topological polar surface area (TPSA) is 182 Å². The molecular weight excluding hydrogens is 464 g/mol. The summed E-state index contributed by atoms with van der Waals surface area (Å²) in [6.07, 6.45) is 0.216. The number of imide groups is 1. The number of nitrogens with zero attached hydrogens (tertiary/aromatic N) is 5. The van der Waals surface area contributed by atoms with Crippen molar-refractivity contribution in [2.75, 3.05) is 6.61 Å². The van der Waals surface area contributed by atoms with E-state index in [1.165, 1.54) is 31.5 Å². The highest BCUT2D eigenvalue weighted by molar-refractivity contribution is 6.20. The SMILES string of the molecule is Cc1cn([C@H]2C[C@H](O)[C@](CO)(n3cc(CON4C(=O)c5ccccc5C4=O)nn3)O2)c(=O)[nH]c1=O. The van der Waals surface area contributed by atoms with Gasteiger partial charge in [-0.3, -0.25) is 28.8 Å². The second-order valence-electron chi connectivity index (χ2n) is 8.18. The predicted molar refractivity (Wildman–Crippen MR) is 114 cm³/mol. The van der Waals surface area contributed by atoms with Gasteiger partial charge in [-0.25, -0.2) is 9.48 Å². The first kappa shape index (κ1) is 22.8. The highest BCUT2D eigenvalue weighted by atomic mass is 16.7. The van der Waals surface area contributed by atoms with Crippen LogP contribution in [-0.4, -0.2) is 64.3 Å². The molecule has 4 heterocycles. The Morgan fingerprint density at radius 2 is 1.86 bits per heavy atom. The average Bonchev–Trinajstić information content (AvgIpc) is 3.51. The monoisotopic (exact) mass is 484 g/mol. The lowest BCUT2D eigenvalue weighted by Crippen LogP contribution is -2.46. The molecule has 2 amide bonds. The molecule has 2 aliphatic heterocycles. The first-order valence-electron chi connectivity index (χ1n) is 10.6. The molecule has 35 heavy (non-hydrogen) atoms. The maximum atomic E-state index is 12.4. The van der Waals surface area contributed by atoms with Crippen molar-refractivity contribution in [3.05, 3.63) is 79.9 Å². The van der Waals surface area contributed by atoms with Gasteiger partial charge in [0.15, 0.2) is 0 Å². The largest absolute Gasteiger partial charge is 0.391 e. The number of H-pyrrole nitrogens is 1. The van der Waals surface area contributed by atoms with E-state index in [4.69, 9.17) is 9.57 Å². The van der Waals surface area contributed by atoms with Crippen molar-refractivity contribution in [1.82, 2.24) is 29.6 Å². The van der Waals surface area contributed by atoms with Crippen LogP contribution in [0.15, 0.2) is 46.2 Å². The van der Waals surface area contributed by atoms with Crippen molar-refractivity contribution < 1.29 is 29.4 Å². The number of aliphatic hydroxyl groups excluding tert-OH is 2. The smallest absolute Gasteiger partial charge is 0.330 e. The van der Waals surface area contributed by atoms with Gasteiger partial charge < -0.3 is 14.9 Å². The van der Waals surface area contributed by atoms with E-state index in [1.54, 1.807) is 12.1 Å². The van der Waals surface area contributed by atoms with Crippen molar-refractivity contribution in [1.29, 1.82) is 0 Å². The molecule has 2 aromatic heterocycles. The summed E-state index contributed by atoms with van der Waals surface area (Å²) < 4.78 is 8.07. The fraction of sp³-hybridized carbons (Fsp3) is 0.333. The molecule has 1 saturated heterocycles. The zero-order valence-electron chi connectivity index (χ0n) is 18.3. The Hall–Kier alpha value is -3.98. The Labute approximate surface area is 195 Å². The van der Waals surface area contributed by atoms with Crippen molar-refractivity contribution in [3.63, 3.8) is 0 Å². The van der Waals surface area contributed by atoms with E-state index < -0.39 is 47.7 Å². The molecular formula is C21H20N6O8. The van der Waals surface area contributed by atoms with Gasteiger partial charge >= 0.3 is 5.69 Å². The number of amides is 2. The summed E-state index contributed by atoms with van der Waals surface area (Å²) in [5.41, 5.74) is -2.18. The predicted octanol–water partition coefficient (Wildman–Crippen LogP) is -1.21. The number of aromatic amines is 1. The number of nitrogens with one attached hydrogen (secondary N) is 1. The van der Waals surface area contributed by atoms with Crippen molar-refractivity contribution in [3.8, 4) is 0 Å². The van der Waals surface area contributed by atoms with Crippen LogP contribution in [0, 0.1) is 6.92 Å². The van der Waals surface area contributed by atoms with Crippen LogP contribution in [0.1, 0.15) is 44.6 Å². The summed E-state index contributed by atoms with van der Waals surface area (Å²) in [6, 6.07) is 6.31. The van der Waals surface area contributed by atoms with Crippen LogP contribution in [0.4, 0.5) is 0 Å². The van der Waals surface area contributed by atoms with Crippen LogP contribution >= 0.6 is 0 Å². The molecule has 3 N–H and O–H groups in total. The van der Waals surface area contributed by atoms with Gasteiger partial charge in [0.25, 0.3) is 17.4 Å². The van der Waals surface area contributed by atoms with Crippen LogP contribution in [0.5, 0.6) is 0 Å². The first-order valence-corrected chi connectivity index (χ1v) is 10.6. The standard InChI is InChI=1S/C21H20N6O8/c1-11-7-25(20(33)22-17(11)30)16-6-15(29)21(10-28,35-16)26-8-12(23-24-26)9-34-27-18(31)13-4-2-3-5-14(13)19(27)32/h2-5,7-8,15-16,28-29H,6,9-10H2,1H3,(H,22,30,33)/t15-,16+,21+/m0/s1. The third-order valence-corrected chi connectivity index (χ3v) is 6.00. The van der Waals surface area contributed by atoms with Gasteiger partial charge in [-0.2, -0.15) is 0 Å². The van der Waals surface area contributed by atoms with Crippen LogP contribution in [0.2, 0.25) is 0 Å². The maximum Gasteiger partial charge on any atom is 0.330 e. The van der Waals surface area contributed by atoms with Gasteiger partial charge in [0.1, 0.15) is 24.6 Å². The van der Waals surface area contributed by atoms with Gasteiger partial charge in [0.05, 0.1) is 23.9 Å². The number of aliphatic hydroxyl groups is 2. The summed E-state index contributed by atoms with van der Waals surface area (Å²) in [4.78, 5) is 56.3. The Balaban J connectivity index is 1.34. The number of rotatable bonds is 6. The molecule has 3 atom stereocenters. The second-order valence-corrected chi connectivity index (χ2v) is 8.18. The van der Waals surface area contributed by atoms with E-state index in [-0.39, 0.29) is 35.4 Å². The van der Waals surface area contributed by atoms with E-state index in [2.05, 4.69) is 15.3 Å². The van der Waals surface area contributed by atoms with E-state index in [0.717, 1.165) is 9.25 Å². The van der Waals surface area contributed by atoms with Gasteiger partial charge in [-0.05, 0) is 19.1 Å². The lowest BCUT2D eigenvalue weighted by molar-refractivity contribution is -0.187. The fourth-order valence-corrected chi connectivity index (χ4v) is 4.09. The number of carbonyl (C=O) groups is 2. The molecule has 0 spiro atoms. The van der Waals surface area contributed by atoms with Crippen LogP contribution < -0.4 is 11.2 Å². The molecule has 0 bridgehead atoms. The zero-order valence-corrected chi connectivity index (χ0v) is 18.3. The molecule has 1 fully saturated rings. The van der Waals surface area contributed by atoms with E-state index in [9.17, 15) is 29.4 Å². The summed E-state index contributed by atoms with van der Waals surface area (Å²) >= 11 is 0. The quantitative estimate of drug-likeness (QED) is 0.359. The Morgan fingerprint density at radius 1 is 1.17 bits per heavy atom. The highest BCUT2D eigenvalue weighted by Crippen LogP contribution is 2.39. The van der Waals surface area contributed by atoms with E-state index in [1.807, 2.05) is 0 Å². The Morgan fingerprint density at radius 3 is 2.51 bits per heavy atom. The lowest BCUT2D eigenvalue weighted by atomic mass is 10.1. The number of ether oxygens (including phenoxy) is 1. The summed E-state index contributed by atoms with van der Waals surface area (Å²) in [6.45, 7) is 0.479. The number of benzene rings is 1. The minimum Gasteiger partial charge on any atom is -0.391 e. The second kappa shape index (κ2) is 8.35. The number of carbonyl (C=O) groups excluding carboxylic acids is 2. The lowest BCUT2D eigenvalue weighted by Gasteiger charge is -2.29. The molecule has 182 valence electrons. The van der Waals surface area contributed by atoms with Gasteiger partial charge in [0.2, 0.25) is 5.72 Å². The van der Waals surface area contributed by atoms with Gasteiger partial charge in [-0.1, -0.05) is 17.3 Å². The number of hydrogen-bond donors (Lipinski definition) is 3. The summed E-state index contributed by atoms with van der Waals surface area (Å²) in [5, 5.41) is 29.3. The highest BCUT2D eigenvalue weighted by Gasteiger charge is 2.51. The normalized spacial score (nSPS) is 23.8. The molecule has 1 aromatic carbocycles. The van der Waals surface area contributed by atoms with E-state index in [0.29, 0.717) is 5.06 Å². The number of hydrogen-bond acceptors (Lipinski definition) is 10. The number of fused-ring (bicyclic) bond motifs is 1. The molecule has 0 unspecified atom stereocenters. The fourth-order valence-electron chi connectivity index (χ4n) is 4.09. The third kappa shape index (κ3) is 3.59. The zero-order chi connectivity index (χ0) is 24.9. The Bertz CT molecular complexity index is 1410. The first-order chi connectivity index (χ1) is 16.7. The molecule has 2 aliphatic rings. The third-order valence-electron chi connectivity index (χ3n) is 6.00. The molecule has 14 heteroatoms. The Kier molecular flexibility index (Phi) is 5.44. The van der Waals surface area contributed by atoms with Crippen LogP contribution in [0.3, 0.4) is 0 Å². The number of hydroxylamine groups is 2. The van der Waals surface area contributed by atoms with Gasteiger partial charge in [-0.15, -0.1) is 10.2 Å². The van der Waals surface area contributed by atoms with Crippen molar-refractivity contribution in [2.45, 2.75) is 38.0 Å². The molecule has 14 nitrogen and oxygen atoms in total. The molecule has 5 rings (SSSR count).